The number of pyridine rings is 1. The van der Waals surface area contributed by atoms with E-state index in [1.165, 1.54) is 0 Å². The van der Waals surface area contributed by atoms with Gasteiger partial charge in [-0.15, -0.1) is 0 Å². The molecule has 0 aliphatic carbocycles. The molecule has 1 aromatic carbocycles. The van der Waals surface area contributed by atoms with Gasteiger partial charge in [-0.3, -0.25) is 10.8 Å². The van der Waals surface area contributed by atoms with Crippen LogP contribution in [0.2, 0.25) is 0 Å². The van der Waals surface area contributed by atoms with Crippen LogP contribution in [0.1, 0.15) is 17.3 Å². The first-order chi connectivity index (χ1) is 9.29. The van der Waals surface area contributed by atoms with Gasteiger partial charge in [0.05, 0.1) is 18.1 Å². The molecule has 0 spiro atoms. The topological polar surface area (TPSA) is 68.8 Å². The lowest BCUT2D eigenvalue weighted by Crippen LogP contribution is -2.29. The van der Waals surface area contributed by atoms with E-state index in [4.69, 9.17) is 5.84 Å². The van der Waals surface area contributed by atoms with Crippen molar-refractivity contribution in [2.45, 2.75) is 6.04 Å². The predicted molar refractivity (Wildman–Crippen MR) is 74.1 cm³/mol. The summed E-state index contributed by atoms with van der Waals surface area (Å²) in [5.74, 6) is 5.72. The van der Waals surface area contributed by atoms with E-state index in [9.17, 15) is 0 Å². The summed E-state index contributed by atoms with van der Waals surface area (Å²) in [5, 5.41) is 2.22. The summed E-state index contributed by atoms with van der Waals surface area (Å²) in [4.78, 5) is 8.57. The van der Waals surface area contributed by atoms with E-state index in [-0.39, 0.29) is 6.04 Å². The summed E-state index contributed by atoms with van der Waals surface area (Å²) in [6.07, 6.45) is 7.37. The third-order valence-corrected chi connectivity index (χ3v) is 3.22. The zero-order valence-electron chi connectivity index (χ0n) is 10.6. The van der Waals surface area contributed by atoms with Crippen LogP contribution in [0.25, 0.3) is 10.8 Å². The van der Waals surface area contributed by atoms with Crippen LogP contribution >= 0.6 is 0 Å². The zero-order valence-corrected chi connectivity index (χ0v) is 10.6. The van der Waals surface area contributed by atoms with E-state index in [1.54, 1.807) is 12.5 Å². The Labute approximate surface area is 111 Å². The fourth-order valence-electron chi connectivity index (χ4n) is 2.31. The van der Waals surface area contributed by atoms with Gasteiger partial charge in [-0.1, -0.05) is 18.2 Å². The molecule has 2 heterocycles. The number of nitrogens with two attached hydrogens (primary N) is 1. The van der Waals surface area contributed by atoms with Gasteiger partial charge >= 0.3 is 0 Å². The number of aryl methyl sites for hydroxylation is 1. The van der Waals surface area contributed by atoms with E-state index in [1.807, 2.05) is 42.2 Å². The maximum absolute atomic E-state index is 5.72. The number of hydrogen-bond donors (Lipinski definition) is 2. The van der Waals surface area contributed by atoms with Crippen molar-refractivity contribution in [2.24, 2.45) is 12.9 Å². The van der Waals surface area contributed by atoms with Gasteiger partial charge in [0.2, 0.25) is 0 Å². The first-order valence-electron chi connectivity index (χ1n) is 6.06. The van der Waals surface area contributed by atoms with Crippen LogP contribution in [0.5, 0.6) is 0 Å². The van der Waals surface area contributed by atoms with E-state index in [0.717, 1.165) is 22.0 Å². The molecular formula is C14H15N5. The standard InChI is InChI=1S/C14H15N5/c1-19-8-13(17-9-19)14(18-15)11-4-2-3-10-5-6-16-7-12(10)11/h2-9,14,18H,15H2,1H3. The molecular weight excluding hydrogens is 238 g/mol. The van der Waals surface area contributed by atoms with Crippen LogP contribution < -0.4 is 11.3 Å². The van der Waals surface area contributed by atoms with Gasteiger partial charge in [-0.05, 0) is 17.0 Å². The molecule has 1 unspecified atom stereocenters. The summed E-state index contributed by atoms with van der Waals surface area (Å²) in [6.45, 7) is 0. The van der Waals surface area contributed by atoms with Crippen LogP contribution in [0, 0.1) is 0 Å². The van der Waals surface area contributed by atoms with Crippen molar-refractivity contribution in [1.82, 2.24) is 20.0 Å². The van der Waals surface area contributed by atoms with Crippen molar-refractivity contribution in [3.05, 3.63) is 60.4 Å². The summed E-state index contributed by atoms with van der Waals surface area (Å²) in [6, 6.07) is 7.97. The molecule has 5 heteroatoms. The van der Waals surface area contributed by atoms with Crippen LogP contribution in [0.15, 0.2) is 49.2 Å². The second kappa shape index (κ2) is 4.79. The molecule has 0 saturated heterocycles. The van der Waals surface area contributed by atoms with Gasteiger partial charge in [-0.25, -0.2) is 10.4 Å². The van der Waals surface area contributed by atoms with Gasteiger partial charge in [0, 0.05) is 31.0 Å². The molecule has 3 rings (SSSR count). The van der Waals surface area contributed by atoms with Crippen LogP contribution in [-0.4, -0.2) is 14.5 Å². The number of nitrogens with zero attached hydrogens (tertiary/aromatic N) is 3. The number of nitrogens with one attached hydrogen (secondary N) is 1. The highest BCUT2D eigenvalue weighted by atomic mass is 15.2. The lowest BCUT2D eigenvalue weighted by molar-refractivity contribution is 0.626. The fraction of sp³-hybridized carbons (Fsp3) is 0.143. The van der Waals surface area contributed by atoms with Crippen molar-refractivity contribution in [2.75, 3.05) is 0 Å². The predicted octanol–water partition coefficient (Wildman–Crippen LogP) is 1.52. The van der Waals surface area contributed by atoms with Gasteiger partial charge in [0.25, 0.3) is 0 Å². The zero-order chi connectivity index (χ0) is 13.2. The number of imidazole rings is 1. The number of hydrazine groups is 1. The number of rotatable bonds is 3. The summed E-state index contributed by atoms with van der Waals surface area (Å²) >= 11 is 0. The van der Waals surface area contributed by atoms with Gasteiger partial charge in [0.1, 0.15) is 0 Å². The van der Waals surface area contributed by atoms with Gasteiger partial charge in [0.15, 0.2) is 0 Å². The van der Waals surface area contributed by atoms with E-state index in [0.29, 0.717) is 0 Å². The first-order valence-corrected chi connectivity index (χ1v) is 6.06. The molecule has 0 aliphatic heterocycles. The minimum atomic E-state index is -0.144. The first kappa shape index (κ1) is 11.8. The Hall–Kier alpha value is -2.24. The molecule has 0 saturated carbocycles. The molecule has 5 nitrogen and oxygen atoms in total. The third-order valence-electron chi connectivity index (χ3n) is 3.22. The van der Waals surface area contributed by atoms with Crippen molar-refractivity contribution in [1.29, 1.82) is 0 Å². The second-order valence-electron chi connectivity index (χ2n) is 4.51. The Morgan fingerprint density at radius 1 is 1.32 bits per heavy atom. The largest absolute Gasteiger partial charge is 0.340 e. The fourth-order valence-corrected chi connectivity index (χ4v) is 2.31. The number of hydrogen-bond acceptors (Lipinski definition) is 4. The van der Waals surface area contributed by atoms with Crippen molar-refractivity contribution >= 4 is 10.8 Å². The molecule has 1 atom stereocenters. The van der Waals surface area contributed by atoms with Crippen molar-refractivity contribution in [3.8, 4) is 0 Å². The second-order valence-corrected chi connectivity index (χ2v) is 4.51. The molecule has 2 aromatic heterocycles. The molecule has 0 fully saturated rings. The minimum absolute atomic E-state index is 0.144. The molecule has 3 aromatic rings. The monoisotopic (exact) mass is 253 g/mol. The molecule has 3 N–H and O–H groups in total. The third kappa shape index (κ3) is 2.09. The summed E-state index contributed by atoms with van der Waals surface area (Å²) in [5.41, 5.74) is 4.80. The quantitative estimate of drug-likeness (QED) is 0.548. The Morgan fingerprint density at radius 2 is 2.21 bits per heavy atom. The van der Waals surface area contributed by atoms with E-state index >= 15 is 0 Å². The van der Waals surface area contributed by atoms with Crippen LogP contribution in [0.4, 0.5) is 0 Å². The van der Waals surface area contributed by atoms with Crippen LogP contribution in [0.3, 0.4) is 0 Å². The van der Waals surface area contributed by atoms with Crippen molar-refractivity contribution in [3.63, 3.8) is 0 Å². The minimum Gasteiger partial charge on any atom is -0.340 e. The average Bonchev–Trinajstić information content (AvgIpc) is 2.86. The molecule has 0 amide bonds. The smallest absolute Gasteiger partial charge is 0.0947 e. The maximum Gasteiger partial charge on any atom is 0.0947 e. The molecule has 96 valence electrons. The average molecular weight is 253 g/mol. The van der Waals surface area contributed by atoms with E-state index in [2.05, 4.69) is 21.5 Å². The Morgan fingerprint density at radius 3 is 2.95 bits per heavy atom. The Kier molecular flexibility index (Phi) is 2.98. The highest BCUT2D eigenvalue weighted by molar-refractivity contribution is 5.85. The Balaban J connectivity index is 2.16. The normalized spacial score (nSPS) is 12.7. The number of benzene rings is 1. The SMILES string of the molecule is Cn1cnc(C(NN)c2cccc3ccncc23)c1. The number of fused-ring (bicyclic) bond motifs is 1. The summed E-state index contributed by atoms with van der Waals surface area (Å²) in [7, 11) is 1.94. The Bertz CT molecular complexity index is 698. The lowest BCUT2D eigenvalue weighted by Gasteiger charge is -2.16. The van der Waals surface area contributed by atoms with Crippen LogP contribution in [-0.2, 0) is 7.05 Å². The van der Waals surface area contributed by atoms with Crippen molar-refractivity contribution < 1.29 is 0 Å². The lowest BCUT2D eigenvalue weighted by atomic mass is 9.99. The number of aromatic nitrogens is 3. The molecule has 0 radical (unpaired) electrons. The highest BCUT2D eigenvalue weighted by Gasteiger charge is 2.17. The van der Waals surface area contributed by atoms with Gasteiger partial charge in [-0.2, -0.15) is 0 Å². The van der Waals surface area contributed by atoms with E-state index < -0.39 is 0 Å². The van der Waals surface area contributed by atoms with Gasteiger partial charge < -0.3 is 4.57 Å². The molecule has 19 heavy (non-hydrogen) atoms. The highest BCUT2D eigenvalue weighted by Crippen LogP contribution is 2.26. The molecule has 0 aliphatic rings. The summed E-state index contributed by atoms with van der Waals surface area (Å²) < 4.78 is 1.91. The maximum atomic E-state index is 5.72. The molecule has 0 bridgehead atoms.